The number of carbonyl (C=O) groups excluding carboxylic acids is 1. The molecule has 156 valence electrons. The van der Waals surface area contributed by atoms with Crippen LogP contribution >= 0.6 is 11.6 Å². The quantitative estimate of drug-likeness (QED) is 0.614. The van der Waals surface area contributed by atoms with E-state index < -0.39 is 11.9 Å². The summed E-state index contributed by atoms with van der Waals surface area (Å²) in [7, 11) is 2.03. The molecule has 1 amide bonds. The fourth-order valence-corrected chi connectivity index (χ4v) is 3.92. The van der Waals surface area contributed by atoms with Gasteiger partial charge < -0.3 is 20.4 Å². The second-order valence-electron chi connectivity index (χ2n) is 7.59. The van der Waals surface area contributed by atoms with Gasteiger partial charge in [-0.25, -0.2) is 14.4 Å². The normalized spacial score (nSPS) is 25.6. The van der Waals surface area contributed by atoms with E-state index in [9.17, 15) is 9.18 Å². The Morgan fingerprint density at radius 1 is 1.38 bits per heavy atom. The van der Waals surface area contributed by atoms with Gasteiger partial charge in [-0.1, -0.05) is 6.08 Å². The fourth-order valence-electron chi connectivity index (χ4n) is 3.69. The Hall–Kier alpha value is -2.23. The van der Waals surface area contributed by atoms with Crippen LogP contribution < -0.4 is 16.0 Å². The SMILES string of the molecule is C[C@H](Nc1nc(C2=CNC3NCC(Cl)C=C23)ncc1F)C(=O)N1CCN(C)CC1. The summed E-state index contributed by atoms with van der Waals surface area (Å²) in [5.74, 6) is -0.271. The minimum absolute atomic E-state index is 0.0149. The van der Waals surface area contributed by atoms with Crippen molar-refractivity contribution < 1.29 is 9.18 Å². The van der Waals surface area contributed by atoms with Crippen molar-refractivity contribution in [1.29, 1.82) is 0 Å². The summed E-state index contributed by atoms with van der Waals surface area (Å²) in [5, 5.41) is 9.28. The maximum absolute atomic E-state index is 14.4. The Balaban J connectivity index is 1.50. The zero-order valence-corrected chi connectivity index (χ0v) is 17.2. The van der Waals surface area contributed by atoms with Crippen molar-refractivity contribution in [2.45, 2.75) is 24.5 Å². The summed E-state index contributed by atoms with van der Waals surface area (Å²) >= 11 is 6.23. The lowest BCUT2D eigenvalue weighted by molar-refractivity contribution is -0.133. The van der Waals surface area contributed by atoms with Gasteiger partial charge in [0.1, 0.15) is 12.2 Å². The highest BCUT2D eigenvalue weighted by molar-refractivity contribution is 6.22. The zero-order chi connectivity index (χ0) is 20.5. The maximum Gasteiger partial charge on any atom is 0.244 e. The molecule has 1 fully saturated rings. The van der Waals surface area contributed by atoms with E-state index in [1.54, 1.807) is 18.0 Å². The summed E-state index contributed by atoms with van der Waals surface area (Å²) in [4.78, 5) is 25.2. The highest BCUT2D eigenvalue weighted by atomic mass is 35.5. The van der Waals surface area contributed by atoms with Crippen molar-refractivity contribution in [3.8, 4) is 0 Å². The monoisotopic (exact) mass is 421 g/mol. The second-order valence-corrected chi connectivity index (χ2v) is 8.15. The van der Waals surface area contributed by atoms with E-state index in [-0.39, 0.29) is 23.3 Å². The molecule has 29 heavy (non-hydrogen) atoms. The predicted octanol–water partition coefficient (Wildman–Crippen LogP) is 0.597. The lowest BCUT2D eigenvalue weighted by Gasteiger charge is -2.34. The molecule has 3 N–H and O–H groups in total. The zero-order valence-electron chi connectivity index (χ0n) is 16.5. The molecule has 3 aliphatic rings. The lowest BCUT2D eigenvalue weighted by atomic mass is 10.0. The van der Waals surface area contributed by atoms with Crippen molar-refractivity contribution >= 4 is 28.9 Å². The molecule has 0 radical (unpaired) electrons. The minimum Gasteiger partial charge on any atom is -0.371 e. The Labute approximate surface area is 174 Å². The number of hydrogen-bond donors (Lipinski definition) is 3. The van der Waals surface area contributed by atoms with Gasteiger partial charge in [-0.2, -0.15) is 0 Å². The molecule has 4 rings (SSSR count). The predicted molar refractivity (Wildman–Crippen MR) is 110 cm³/mol. The largest absolute Gasteiger partial charge is 0.371 e. The number of likely N-dealkylation sites (N-methyl/N-ethyl adjacent to an activating group) is 1. The second kappa shape index (κ2) is 8.25. The third-order valence-corrected chi connectivity index (χ3v) is 5.70. The van der Waals surface area contributed by atoms with Crippen LogP contribution in [-0.2, 0) is 4.79 Å². The standard InChI is InChI=1S/C19H25ClFN7O/c1-11(19(29)28-5-3-27(2)4-6-28)25-18-15(21)10-24-17(26-18)14-9-23-16-13(14)7-12(20)8-22-16/h7,9-12,16,22-23H,3-6,8H2,1-2H3,(H,24,25,26)/t11-,12?,16?/m0/s1. The van der Waals surface area contributed by atoms with Crippen LogP contribution in [0.2, 0.25) is 0 Å². The molecule has 0 spiro atoms. The average Bonchev–Trinajstić information content (AvgIpc) is 3.12. The van der Waals surface area contributed by atoms with Gasteiger partial charge in [0.05, 0.1) is 11.6 Å². The van der Waals surface area contributed by atoms with Crippen LogP contribution in [0.15, 0.2) is 24.0 Å². The van der Waals surface area contributed by atoms with Crippen molar-refractivity contribution in [1.82, 2.24) is 30.4 Å². The molecule has 3 atom stereocenters. The number of aromatic nitrogens is 2. The van der Waals surface area contributed by atoms with Gasteiger partial charge in [0.2, 0.25) is 5.91 Å². The van der Waals surface area contributed by atoms with Gasteiger partial charge in [-0.05, 0) is 19.5 Å². The number of fused-ring (bicyclic) bond motifs is 1. The fraction of sp³-hybridized carbons (Fsp3) is 0.526. The van der Waals surface area contributed by atoms with Gasteiger partial charge in [-0.3, -0.25) is 10.1 Å². The molecule has 1 saturated heterocycles. The highest BCUT2D eigenvalue weighted by Crippen LogP contribution is 2.30. The highest BCUT2D eigenvalue weighted by Gasteiger charge is 2.30. The van der Waals surface area contributed by atoms with Crippen LogP contribution in [0.1, 0.15) is 12.7 Å². The Bertz CT molecular complexity index is 853. The molecule has 2 unspecified atom stereocenters. The summed E-state index contributed by atoms with van der Waals surface area (Å²) in [6.07, 6.45) is 4.83. The van der Waals surface area contributed by atoms with Gasteiger partial charge in [0.15, 0.2) is 17.5 Å². The number of halogens is 2. The van der Waals surface area contributed by atoms with E-state index >= 15 is 0 Å². The van der Waals surface area contributed by atoms with Crippen LogP contribution in [0.5, 0.6) is 0 Å². The lowest BCUT2D eigenvalue weighted by Crippen LogP contribution is -2.51. The van der Waals surface area contributed by atoms with E-state index in [0.29, 0.717) is 25.5 Å². The van der Waals surface area contributed by atoms with E-state index in [1.165, 1.54) is 0 Å². The number of alkyl halides is 1. The number of carbonyl (C=O) groups is 1. The number of rotatable bonds is 4. The van der Waals surface area contributed by atoms with Crippen LogP contribution in [0, 0.1) is 5.82 Å². The minimum atomic E-state index is -0.596. The first-order valence-corrected chi connectivity index (χ1v) is 10.2. The van der Waals surface area contributed by atoms with Crippen molar-refractivity contribution in [2.24, 2.45) is 0 Å². The third kappa shape index (κ3) is 4.22. The number of anilines is 1. The number of hydrogen-bond acceptors (Lipinski definition) is 7. The van der Waals surface area contributed by atoms with Gasteiger partial charge in [0.25, 0.3) is 0 Å². The molecule has 0 bridgehead atoms. The summed E-state index contributed by atoms with van der Waals surface area (Å²) < 4.78 is 14.4. The molecule has 0 saturated carbocycles. The Morgan fingerprint density at radius 3 is 2.90 bits per heavy atom. The topological polar surface area (TPSA) is 85.4 Å². The molecule has 0 aromatic carbocycles. The third-order valence-electron chi connectivity index (χ3n) is 5.42. The van der Waals surface area contributed by atoms with Crippen LogP contribution in [-0.4, -0.2) is 83.0 Å². The Kier molecular flexibility index (Phi) is 5.71. The number of amides is 1. The molecule has 10 heteroatoms. The molecule has 0 aliphatic carbocycles. The average molecular weight is 422 g/mol. The summed E-state index contributed by atoms with van der Waals surface area (Å²) in [6.45, 7) is 5.38. The van der Waals surface area contributed by atoms with Gasteiger partial charge >= 0.3 is 0 Å². The van der Waals surface area contributed by atoms with Crippen LogP contribution in [0.3, 0.4) is 0 Å². The number of piperazine rings is 1. The first-order valence-electron chi connectivity index (χ1n) is 9.75. The maximum atomic E-state index is 14.4. The van der Waals surface area contributed by atoms with Crippen molar-refractivity contribution in [2.75, 3.05) is 45.1 Å². The van der Waals surface area contributed by atoms with E-state index in [1.807, 2.05) is 13.1 Å². The first kappa shape index (κ1) is 20.1. The van der Waals surface area contributed by atoms with E-state index in [4.69, 9.17) is 11.6 Å². The van der Waals surface area contributed by atoms with Crippen LogP contribution in [0.4, 0.5) is 10.2 Å². The first-order chi connectivity index (χ1) is 13.9. The summed E-state index contributed by atoms with van der Waals surface area (Å²) in [5.41, 5.74) is 1.70. The number of nitrogens with zero attached hydrogens (tertiary/aromatic N) is 4. The van der Waals surface area contributed by atoms with Crippen LogP contribution in [0.25, 0.3) is 5.57 Å². The van der Waals surface area contributed by atoms with E-state index in [2.05, 4.69) is 30.8 Å². The van der Waals surface area contributed by atoms with E-state index in [0.717, 1.165) is 30.4 Å². The molecule has 4 heterocycles. The molecule has 1 aromatic rings. The molecule has 8 nitrogen and oxygen atoms in total. The number of nitrogens with one attached hydrogen (secondary N) is 3. The van der Waals surface area contributed by atoms with Crippen molar-refractivity contribution in [3.05, 3.63) is 35.7 Å². The summed E-state index contributed by atoms with van der Waals surface area (Å²) in [6, 6.07) is -0.595. The van der Waals surface area contributed by atoms with Crippen molar-refractivity contribution in [3.63, 3.8) is 0 Å². The molecular formula is C19H25ClFN7O. The smallest absolute Gasteiger partial charge is 0.244 e. The Morgan fingerprint density at radius 2 is 2.14 bits per heavy atom. The molecule has 1 aromatic heterocycles. The van der Waals surface area contributed by atoms with Gasteiger partial charge in [0, 0.05) is 44.5 Å². The molecule has 3 aliphatic heterocycles. The van der Waals surface area contributed by atoms with Gasteiger partial charge in [-0.15, -0.1) is 11.6 Å². The molecular weight excluding hydrogens is 397 g/mol.